The lowest BCUT2D eigenvalue weighted by molar-refractivity contribution is 0.417. The number of nitrogens with one attached hydrogen (secondary N) is 2. The maximum Gasteiger partial charge on any atom is 0.229 e. The molecule has 0 saturated carbocycles. The molecule has 0 amide bonds. The second-order valence-electron chi connectivity index (χ2n) is 7.45. The quantitative estimate of drug-likeness (QED) is 0.255. The third kappa shape index (κ3) is 4.35. The lowest BCUT2D eigenvalue weighted by atomic mass is 10.0. The van der Waals surface area contributed by atoms with Crippen molar-refractivity contribution < 1.29 is 13.2 Å². The molecule has 5 rings (SSSR count). The molecule has 0 aliphatic carbocycles. The Hall–Kier alpha value is -3.62. The summed E-state index contributed by atoms with van der Waals surface area (Å²) in [5, 5.41) is 6.38. The van der Waals surface area contributed by atoms with Crippen molar-refractivity contribution in [2.24, 2.45) is 0 Å². The summed E-state index contributed by atoms with van der Waals surface area (Å²) in [5.41, 5.74) is 4.60. The third-order valence-electron chi connectivity index (χ3n) is 5.20. The molecule has 2 heterocycles. The number of sulfonamides is 1. The van der Waals surface area contributed by atoms with Gasteiger partial charge in [-0.25, -0.2) is 13.4 Å². The summed E-state index contributed by atoms with van der Waals surface area (Å²) in [7, 11) is -1.84. The average molecular weight is 481 g/mol. The van der Waals surface area contributed by atoms with Crippen molar-refractivity contribution in [2.75, 3.05) is 23.4 Å². The van der Waals surface area contributed by atoms with Gasteiger partial charge in [0.1, 0.15) is 5.75 Å². The van der Waals surface area contributed by atoms with Crippen molar-refractivity contribution in [3.63, 3.8) is 0 Å². The first-order valence-corrected chi connectivity index (χ1v) is 11.8. The van der Waals surface area contributed by atoms with E-state index >= 15 is 0 Å². The standard InChI is InChI=1S/C24H20N4O3S.ClH/c1-31-22-14-15(28-32(2,29)30)9-11-21(22)27-24-17-6-3-4-8-20(17)26-23-16-7-5-13-25-19(16)12-10-18(23)24;/h3-14,28H,1-2H3,(H,26,27);1H. The van der Waals surface area contributed by atoms with Crippen molar-refractivity contribution in [1.82, 2.24) is 9.97 Å². The first kappa shape index (κ1) is 22.6. The fraction of sp³-hybridized carbons (Fsp3) is 0.0833. The van der Waals surface area contributed by atoms with Crippen molar-refractivity contribution in [1.29, 1.82) is 0 Å². The Morgan fingerprint density at radius 3 is 2.45 bits per heavy atom. The highest BCUT2D eigenvalue weighted by Gasteiger charge is 2.14. The molecule has 0 bridgehead atoms. The summed E-state index contributed by atoms with van der Waals surface area (Å²) in [6.07, 6.45) is 2.88. The summed E-state index contributed by atoms with van der Waals surface area (Å²) < 4.78 is 31.2. The second kappa shape index (κ2) is 8.73. The Bertz CT molecular complexity index is 1610. The zero-order valence-corrected chi connectivity index (χ0v) is 19.5. The summed E-state index contributed by atoms with van der Waals surface area (Å²) in [5.74, 6) is 0.509. The first-order valence-electron chi connectivity index (χ1n) is 9.92. The maximum atomic E-state index is 11.6. The van der Waals surface area contributed by atoms with Gasteiger partial charge in [-0.15, -0.1) is 12.4 Å². The molecule has 7 nitrogen and oxygen atoms in total. The Balaban J connectivity index is 0.00000259. The van der Waals surface area contributed by atoms with Crippen LogP contribution in [0, 0.1) is 0 Å². The molecule has 9 heteroatoms. The van der Waals surface area contributed by atoms with Crippen LogP contribution in [0.1, 0.15) is 0 Å². The van der Waals surface area contributed by atoms with E-state index in [1.165, 1.54) is 0 Å². The molecule has 2 aromatic heterocycles. The van der Waals surface area contributed by atoms with Crippen LogP contribution in [0.3, 0.4) is 0 Å². The van der Waals surface area contributed by atoms with E-state index in [1.807, 2.05) is 48.5 Å². The minimum atomic E-state index is -3.39. The van der Waals surface area contributed by atoms with Crippen LogP contribution >= 0.6 is 12.4 Å². The van der Waals surface area contributed by atoms with Crippen LogP contribution in [-0.2, 0) is 10.0 Å². The molecule has 33 heavy (non-hydrogen) atoms. The van der Waals surface area contributed by atoms with Crippen molar-refractivity contribution >= 4 is 72.2 Å². The van der Waals surface area contributed by atoms with E-state index in [9.17, 15) is 8.42 Å². The van der Waals surface area contributed by atoms with Crippen LogP contribution in [-0.4, -0.2) is 31.8 Å². The minimum Gasteiger partial charge on any atom is -0.494 e. The predicted molar refractivity (Wildman–Crippen MR) is 137 cm³/mol. The highest BCUT2D eigenvalue weighted by atomic mass is 35.5. The molecule has 0 unspecified atom stereocenters. The molecule has 0 radical (unpaired) electrons. The van der Waals surface area contributed by atoms with E-state index in [2.05, 4.69) is 15.0 Å². The van der Waals surface area contributed by atoms with Gasteiger partial charge in [0.05, 0.1) is 47.0 Å². The van der Waals surface area contributed by atoms with Gasteiger partial charge in [0.15, 0.2) is 0 Å². The van der Waals surface area contributed by atoms with Gasteiger partial charge >= 0.3 is 0 Å². The number of fused-ring (bicyclic) bond motifs is 4. The van der Waals surface area contributed by atoms with Gasteiger partial charge in [-0.05, 0) is 42.5 Å². The topological polar surface area (TPSA) is 93.2 Å². The molecule has 0 saturated heterocycles. The summed E-state index contributed by atoms with van der Waals surface area (Å²) in [4.78, 5) is 9.37. The van der Waals surface area contributed by atoms with Gasteiger partial charge in [0.2, 0.25) is 10.0 Å². The molecule has 0 atom stereocenters. The van der Waals surface area contributed by atoms with Gasteiger partial charge < -0.3 is 10.1 Å². The normalized spacial score (nSPS) is 11.3. The van der Waals surface area contributed by atoms with E-state index < -0.39 is 10.0 Å². The van der Waals surface area contributed by atoms with E-state index in [1.54, 1.807) is 31.5 Å². The SMILES string of the molecule is COc1cc(NS(C)(=O)=O)ccc1Nc1c2ccccc2nc2c1ccc1ncccc12.Cl. The number of hydrogen-bond acceptors (Lipinski definition) is 6. The number of pyridine rings is 2. The van der Waals surface area contributed by atoms with Crippen LogP contribution in [0.15, 0.2) is 72.9 Å². The molecule has 3 aromatic carbocycles. The van der Waals surface area contributed by atoms with E-state index in [0.717, 1.165) is 44.7 Å². The van der Waals surface area contributed by atoms with Crippen molar-refractivity contribution in [2.45, 2.75) is 0 Å². The van der Waals surface area contributed by atoms with Crippen molar-refractivity contribution in [3.05, 3.63) is 72.9 Å². The van der Waals surface area contributed by atoms with Gasteiger partial charge in [0.25, 0.3) is 0 Å². The van der Waals surface area contributed by atoms with E-state index in [0.29, 0.717) is 17.1 Å². The van der Waals surface area contributed by atoms with Crippen LogP contribution in [0.5, 0.6) is 5.75 Å². The Morgan fingerprint density at radius 1 is 0.879 bits per heavy atom. The van der Waals surface area contributed by atoms with Gasteiger partial charge in [-0.1, -0.05) is 18.2 Å². The molecular formula is C24H21ClN4O3S. The third-order valence-corrected chi connectivity index (χ3v) is 5.80. The van der Waals surface area contributed by atoms with Crippen molar-refractivity contribution in [3.8, 4) is 5.75 Å². The molecule has 0 spiro atoms. The number of para-hydroxylation sites is 1. The molecule has 2 N–H and O–H groups in total. The lowest BCUT2D eigenvalue weighted by Crippen LogP contribution is -2.09. The number of hydrogen-bond donors (Lipinski definition) is 2. The number of methoxy groups -OCH3 is 1. The number of anilines is 3. The summed E-state index contributed by atoms with van der Waals surface area (Å²) in [6.45, 7) is 0. The molecule has 0 aliphatic rings. The number of rotatable bonds is 5. The minimum absolute atomic E-state index is 0. The Labute approximate surface area is 197 Å². The monoisotopic (exact) mass is 480 g/mol. The predicted octanol–water partition coefficient (Wildman–Crippen LogP) is 5.48. The highest BCUT2D eigenvalue weighted by Crippen LogP contribution is 2.38. The zero-order valence-electron chi connectivity index (χ0n) is 17.9. The van der Waals surface area contributed by atoms with Crippen LogP contribution in [0.4, 0.5) is 17.1 Å². The summed E-state index contributed by atoms with van der Waals surface area (Å²) >= 11 is 0. The smallest absolute Gasteiger partial charge is 0.229 e. The summed E-state index contributed by atoms with van der Waals surface area (Å²) in [6, 6.07) is 21.0. The zero-order chi connectivity index (χ0) is 22.3. The van der Waals surface area contributed by atoms with E-state index in [-0.39, 0.29) is 12.4 Å². The van der Waals surface area contributed by atoms with Gasteiger partial charge in [0, 0.05) is 28.4 Å². The number of aromatic nitrogens is 2. The largest absolute Gasteiger partial charge is 0.494 e. The van der Waals surface area contributed by atoms with Gasteiger partial charge in [-0.2, -0.15) is 0 Å². The number of halogens is 1. The first-order chi connectivity index (χ1) is 15.4. The number of nitrogens with zero attached hydrogens (tertiary/aromatic N) is 2. The molecule has 168 valence electrons. The lowest BCUT2D eigenvalue weighted by Gasteiger charge is -2.17. The number of ether oxygens (including phenoxy) is 1. The molecule has 5 aromatic rings. The van der Waals surface area contributed by atoms with Gasteiger partial charge in [-0.3, -0.25) is 9.71 Å². The molecule has 0 aliphatic heterocycles. The fourth-order valence-corrected chi connectivity index (χ4v) is 4.40. The second-order valence-corrected chi connectivity index (χ2v) is 9.20. The Morgan fingerprint density at radius 2 is 1.67 bits per heavy atom. The maximum absolute atomic E-state index is 11.6. The fourth-order valence-electron chi connectivity index (χ4n) is 3.85. The average Bonchev–Trinajstić information content (AvgIpc) is 2.78. The molecular weight excluding hydrogens is 460 g/mol. The molecule has 0 fully saturated rings. The van der Waals surface area contributed by atoms with Crippen LogP contribution < -0.4 is 14.8 Å². The Kier molecular flexibility index (Phi) is 5.97. The van der Waals surface area contributed by atoms with Crippen LogP contribution in [0.2, 0.25) is 0 Å². The van der Waals surface area contributed by atoms with E-state index in [4.69, 9.17) is 9.72 Å². The highest BCUT2D eigenvalue weighted by molar-refractivity contribution is 7.92. The van der Waals surface area contributed by atoms with Crippen LogP contribution in [0.25, 0.3) is 32.7 Å². The number of benzene rings is 3.